The van der Waals surface area contributed by atoms with Gasteiger partial charge in [-0.3, -0.25) is 0 Å². The summed E-state index contributed by atoms with van der Waals surface area (Å²) in [6.07, 6.45) is 0. The molecule has 0 atom stereocenters. The number of furan rings is 1. The smallest absolute Gasteiger partial charge is 0.180 e. The Morgan fingerprint density at radius 3 is 2.00 bits per heavy atom. The van der Waals surface area contributed by atoms with E-state index in [0.717, 1.165) is 0 Å². The van der Waals surface area contributed by atoms with E-state index < -0.39 is 0 Å². The molecule has 2 aromatic carbocycles. The molecule has 0 fully saturated rings. The van der Waals surface area contributed by atoms with Gasteiger partial charge in [0, 0.05) is 5.56 Å². The molecule has 0 saturated carbocycles. The van der Waals surface area contributed by atoms with Crippen LogP contribution in [-0.4, -0.2) is 28.3 Å². The molecule has 4 N–H and O–H groups in total. The van der Waals surface area contributed by atoms with Crippen molar-refractivity contribution in [3.8, 4) is 23.0 Å². The number of fused-ring (bicyclic) bond motifs is 3. The highest BCUT2D eigenvalue weighted by Gasteiger charge is 2.26. The summed E-state index contributed by atoms with van der Waals surface area (Å²) in [7, 11) is 1.66. The van der Waals surface area contributed by atoms with Crippen LogP contribution in [0.25, 0.3) is 21.9 Å². The van der Waals surface area contributed by atoms with E-state index in [4.69, 9.17) is 4.42 Å². The van der Waals surface area contributed by atoms with Gasteiger partial charge in [0.25, 0.3) is 0 Å². The second-order valence-corrected chi connectivity index (χ2v) is 5.89. The molecule has 1 heterocycles. The SMILES string of the molecule is Bc1c(C)c(O)c2c(oc3c(O)c(C)c(O)c(Br)c32)c1O. The Morgan fingerprint density at radius 1 is 0.810 bits per heavy atom. The third-order valence-electron chi connectivity index (χ3n) is 3.99. The average molecular weight is 351 g/mol. The van der Waals surface area contributed by atoms with Gasteiger partial charge in [-0.05, 0) is 40.8 Å². The fraction of sp³-hybridized carbons (Fsp3) is 0.143. The molecular weight excluding hydrogens is 339 g/mol. The van der Waals surface area contributed by atoms with Crippen LogP contribution in [0, 0.1) is 13.8 Å². The van der Waals surface area contributed by atoms with Crippen LogP contribution < -0.4 is 5.46 Å². The summed E-state index contributed by atoms with van der Waals surface area (Å²) >= 11 is 3.25. The highest BCUT2D eigenvalue weighted by atomic mass is 79.9. The Balaban J connectivity index is 2.73. The van der Waals surface area contributed by atoms with E-state index in [1.807, 2.05) is 0 Å². The van der Waals surface area contributed by atoms with Crippen LogP contribution in [0.4, 0.5) is 0 Å². The van der Waals surface area contributed by atoms with Crippen LogP contribution in [0.2, 0.25) is 0 Å². The molecule has 0 unspecified atom stereocenters. The maximum absolute atomic E-state index is 10.4. The Morgan fingerprint density at radius 2 is 1.38 bits per heavy atom. The van der Waals surface area contributed by atoms with Gasteiger partial charge in [-0.15, -0.1) is 0 Å². The molecule has 0 aliphatic rings. The summed E-state index contributed by atoms with van der Waals surface area (Å²) in [5.41, 5.74) is 1.43. The van der Waals surface area contributed by atoms with Crippen LogP contribution >= 0.6 is 15.9 Å². The molecule has 0 aliphatic carbocycles. The topological polar surface area (TPSA) is 94.1 Å². The second-order valence-electron chi connectivity index (χ2n) is 5.09. The zero-order valence-corrected chi connectivity index (χ0v) is 13.2. The summed E-state index contributed by atoms with van der Waals surface area (Å²) in [5, 5.41) is 41.4. The highest BCUT2D eigenvalue weighted by molar-refractivity contribution is 9.10. The fourth-order valence-corrected chi connectivity index (χ4v) is 3.15. The Labute approximate surface area is 129 Å². The van der Waals surface area contributed by atoms with Gasteiger partial charge < -0.3 is 24.8 Å². The molecular formula is C14H12BBrO5. The summed E-state index contributed by atoms with van der Waals surface area (Å²) < 4.78 is 5.84. The normalized spacial score (nSPS) is 11.6. The van der Waals surface area contributed by atoms with Crippen LogP contribution in [0.1, 0.15) is 11.1 Å². The first-order valence-electron chi connectivity index (χ1n) is 6.24. The van der Waals surface area contributed by atoms with Crippen LogP contribution in [0.5, 0.6) is 23.0 Å². The fourth-order valence-electron chi connectivity index (χ4n) is 2.48. The van der Waals surface area contributed by atoms with E-state index in [9.17, 15) is 20.4 Å². The van der Waals surface area contributed by atoms with Gasteiger partial charge in [-0.1, -0.05) is 0 Å². The lowest BCUT2D eigenvalue weighted by atomic mass is 9.88. The molecule has 1 aromatic heterocycles. The standard InChI is InChI=1S/C14H12BBrO5/c1-3-7(15)12(20)14-6(9(3)17)5-8(16)10(18)4(2)11(19)13(5)21-14/h17-20H,15H2,1-2H3. The van der Waals surface area contributed by atoms with Crippen molar-refractivity contribution in [2.75, 3.05) is 0 Å². The van der Waals surface area contributed by atoms with Crippen molar-refractivity contribution in [2.45, 2.75) is 13.8 Å². The first-order valence-corrected chi connectivity index (χ1v) is 7.03. The predicted molar refractivity (Wildman–Crippen MR) is 85.7 cm³/mol. The van der Waals surface area contributed by atoms with E-state index in [1.54, 1.807) is 14.8 Å². The maximum atomic E-state index is 10.4. The van der Waals surface area contributed by atoms with E-state index in [-0.39, 0.29) is 45.1 Å². The number of hydrogen-bond acceptors (Lipinski definition) is 5. The van der Waals surface area contributed by atoms with Crippen molar-refractivity contribution in [3.63, 3.8) is 0 Å². The minimum Gasteiger partial charge on any atom is -0.507 e. The summed E-state index contributed by atoms with van der Waals surface area (Å²) in [6.45, 7) is 3.21. The molecule has 5 nitrogen and oxygen atoms in total. The largest absolute Gasteiger partial charge is 0.507 e. The van der Waals surface area contributed by atoms with Gasteiger partial charge in [0.1, 0.15) is 19.3 Å². The van der Waals surface area contributed by atoms with Gasteiger partial charge >= 0.3 is 0 Å². The van der Waals surface area contributed by atoms with Crippen molar-refractivity contribution >= 4 is 51.2 Å². The number of phenols is 4. The number of hydrogen-bond donors (Lipinski definition) is 4. The average Bonchev–Trinajstić information content (AvgIpc) is 2.87. The third kappa shape index (κ3) is 1.58. The Bertz CT molecular complexity index is 855. The molecule has 21 heavy (non-hydrogen) atoms. The number of phenolic OH excluding ortho intramolecular Hbond substituents is 4. The number of halogens is 1. The second kappa shape index (κ2) is 4.24. The molecule has 0 radical (unpaired) electrons. The number of aromatic hydroxyl groups is 4. The van der Waals surface area contributed by atoms with Crippen LogP contribution in [-0.2, 0) is 0 Å². The molecule has 3 rings (SSSR count). The minimum atomic E-state index is -0.226. The van der Waals surface area contributed by atoms with Crippen molar-refractivity contribution in [3.05, 3.63) is 15.6 Å². The van der Waals surface area contributed by atoms with E-state index >= 15 is 0 Å². The monoisotopic (exact) mass is 350 g/mol. The van der Waals surface area contributed by atoms with E-state index in [1.165, 1.54) is 6.92 Å². The summed E-state index contributed by atoms with van der Waals surface area (Å²) in [5.74, 6) is -0.516. The Kier molecular flexibility index (Phi) is 2.81. The molecule has 0 spiro atoms. The molecule has 108 valence electrons. The van der Waals surface area contributed by atoms with Crippen molar-refractivity contribution in [1.29, 1.82) is 0 Å². The van der Waals surface area contributed by atoms with Crippen LogP contribution in [0.3, 0.4) is 0 Å². The first-order chi connectivity index (χ1) is 9.77. The molecule has 0 saturated heterocycles. The zero-order valence-electron chi connectivity index (χ0n) is 11.6. The van der Waals surface area contributed by atoms with E-state index in [0.29, 0.717) is 20.9 Å². The maximum Gasteiger partial charge on any atom is 0.180 e. The van der Waals surface area contributed by atoms with Gasteiger partial charge in [-0.25, -0.2) is 0 Å². The Hall–Kier alpha value is -2.02. The zero-order chi connectivity index (χ0) is 15.6. The van der Waals surface area contributed by atoms with E-state index in [2.05, 4.69) is 15.9 Å². The van der Waals surface area contributed by atoms with Gasteiger partial charge in [0.2, 0.25) is 0 Å². The quantitative estimate of drug-likeness (QED) is 0.368. The molecule has 0 amide bonds. The number of rotatable bonds is 0. The van der Waals surface area contributed by atoms with Gasteiger partial charge in [0.15, 0.2) is 22.7 Å². The summed E-state index contributed by atoms with van der Waals surface area (Å²) in [4.78, 5) is 0. The minimum absolute atomic E-state index is 0.0533. The number of benzene rings is 2. The predicted octanol–water partition coefficient (Wildman–Crippen LogP) is 2.05. The van der Waals surface area contributed by atoms with Crippen molar-refractivity contribution in [2.24, 2.45) is 0 Å². The summed E-state index contributed by atoms with van der Waals surface area (Å²) in [6, 6.07) is 0. The molecule has 0 aliphatic heterocycles. The third-order valence-corrected chi connectivity index (χ3v) is 4.76. The lowest BCUT2D eigenvalue weighted by Crippen LogP contribution is -2.07. The van der Waals surface area contributed by atoms with Crippen molar-refractivity contribution < 1.29 is 24.8 Å². The lowest BCUT2D eigenvalue weighted by molar-refractivity contribution is 0.437. The molecule has 0 bridgehead atoms. The van der Waals surface area contributed by atoms with Crippen LogP contribution in [0.15, 0.2) is 8.89 Å². The highest BCUT2D eigenvalue weighted by Crippen LogP contribution is 2.50. The van der Waals surface area contributed by atoms with Gasteiger partial charge in [-0.2, -0.15) is 0 Å². The first kappa shape index (κ1) is 13.9. The lowest BCUT2D eigenvalue weighted by Gasteiger charge is -2.08. The van der Waals surface area contributed by atoms with Gasteiger partial charge in [0.05, 0.1) is 15.2 Å². The van der Waals surface area contributed by atoms with Crippen molar-refractivity contribution in [1.82, 2.24) is 0 Å². The molecule has 7 heteroatoms. The molecule has 3 aromatic rings.